The van der Waals surface area contributed by atoms with Crippen molar-refractivity contribution < 1.29 is 9.53 Å². The lowest BCUT2D eigenvalue weighted by Crippen LogP contribution is -2.34. The Morgan fingerprint density at radius 3 is 2.62 bits per heavy atom. The number of amides is 1. The smallest absolute Gasteiger partial charge is 0.246 e. The highest BCUT2D eigenvalue weighted by molar-refractivity contribution is 5.77. The minimum absolute atomic E-state index is 0.0320. The van der Waals surface area contributed by atoms with Crippen molar-refractivity contribution in [3.63, 3.8) is 0 Å². The Bertz CT molecular complexity index is 236. The Kier molecular flexibility index (Phi) is 4.74. The average Bonchev–Trinajstić information content (AvgIpc) is 2.57. The summed E-state index contributed by atoms with van der Waals surface area (Å²) < 4.78 is 5.39. The number of hydrogen-bond donors (Lipinski definition) is 2. The molecule has 1 saturated carbocycles. The molecule has 1 rings (SSSR count). The lowest BCUT2D eigenvalue weighted by molar-refractivity contribution is -0.130. The zero-order chi connectivity index (χ0) is 12.2. The zero-order valence-electron chi connectivity index (χ0n) is 10.6. The molecule has 0 spiro atoms. The Hall–Kier alpha value is -0.610. The summed E-state index contributed by atoms with van der Waals surface area (Å²) in [6, 6.07) is 0.327. The summed E-state index contributed by atoms with van der Waals surface area (Å²) >= 11 is 0. The highest BCUT2D eigenvalue weighted by Crippen LogP contribution is 2.23. The fourth-order valence-corrected chi connectivity index (χ4v) is 1.89. The second-order valence-corrected chi connectivity index (χ2v) is 5.64. The van der Waals surface area contributed by atoms with Gasteiger partial charge in [0.1, 0.15) is 6.61 Å². The molecule has 16 heavy (non-hydrogen) atoms. The van der Waals surface area contributed by atoms with Crippen molar-refractivity contribution in [1.29, 1.82) is 0 Å². The van der Waals surface area contributed by atoms with Gasteiger partial charge in [0.15, 0.2) is 0 Å². The maximum atomic E-state index is 11.5. The van der Waals surface area contributed by atoms with Crippen molar-refractivity contribution in [2.45, 2.75) is 51.7 Å². The summed E-state index contributed by atoms with van der Waals surface area (Å²) in [5.41, 5.74) is 5.55. The van der Waals surface area contributed by atoms with Crippen LogP contribution in [0.3, 0.4) is 0 Å². The first-order chi connectivity index (χ1) is 7.37. The normalized spacial score (nSPS) is 25.8. The second-order valence-electron chi connectivity index (χ2n) is 5.64. The Balaban J connectivity index is 2.11. The van der Waals surface area contributed by atoms with Crippen molar-refractivity contribution in [3.05, 3.63) is 0 Å². The van der Waals surface area contributed by atoms with E-state index in [9.17, 15) is 4.79 Å². The number of rotatable bonds is 4. The van der Waals surface area contributed by atoms with Gasteiger partial charge in [0.2, 0.25) is 5.91 Å². The van der Waals surface area contributed by atoms with Crippen molar-refractivity contribution >= 4 is 5.91 Å². The van der Waals surface area contributed by atoms with Gasteiger partial charge in [-0.3, -0.25) is 4.79 Å². The molecule has 1 aliphatic carbocycles. The fraction of sp³-hybridized carbons (Fsp3) is 0.917. The van der Waals surface area contributed by atoms with Gasteiger partial charge in [-0.25, -0.2) is 0 Å². The molecular weight excluding hydrogens is 204 g/mol. The van der Waals surface area contributed by atoms with E-state index in [1.165, 1.54) is 0 Å². The molecule has 0 aromatic rings. The molecule has 0 bridgehead atoms. The third-order valence-corrected chi connectivity index (χ3v) is 2.81. The monoisotopic (exact) mass is 228 g/mol. The second kappa shape index (κ2) is 5.64. The molecule has 1 fully saturated rings. The summed E-state index contributed by atoms with van der Waals surface area (Å²) in [5, 5.41) is 2.90. The zero-order valence-corrected chi connectivity index (χ0v) is 10.6. The third-order valence-electron chi connectivity index (χ3n) is 2.81. The fourth-order valence-electron chi connectivity index (χ4n) is 1.89. The molecule has 0 aromatic heterocycles. The summed E-state index contributed by atoms with van der Waals surface area (Å²) in [6.45, 7) is 6.70. The largest absolute Gasteiger partial charge is 0.366 e. The number of carbonyl (C=O) groups is 1. The molecule has 0 radical (unpaired) electrons. The number of nitrogens with one attached hydrogen (secondary N) is 1. The predicted octanol–water partition coefficient (Wildman–Crippen LogP) is 1.05. The van der Waals surface area contributed by atoms with Gasteiger partial charge in [-0.2, -0.15) is 0 Å². The molecule has 94 valence electrons. The van der Waals surface area contributed by atoms with Gasteiger partial charge in [0.25, 0.3) is 0 Å². The van der Waals surface area contributed by atoms with Gasteiger partial charge in [-0.1, -0.05) is 0 Å². The van der Waals surface area contributed by atoms with Crippen LogP contribution in [-0.2, 0) is 9.53 Å². The highest BCUT2D eigenvalue weighted by atomic mass is 16.5. The van der Waals surface area contributed by atoms with Crippen molar-refractivity contribution in [1.82, 2.24) is 5.32 Å². The predicted molar refractivity (Wildman–Crippen MR) is 64.0 cm³/mol. The van der Waals surface area contributed by atoms with E-state index in [1.807, 2.05) is 20.8 Å². The van der Waals surface area contributed by atoms with Crippen LogP contribution in [0.4, 0.5) is 0 Å². The molecule has 0 saturated heterocycles. The number of hydrogen-bond acceptors (Lipinski definition) is 3. The van der Waals surface area contributed by atoms with E-state index in [2.05, 4.69) is 5.32 Å². The van der Waals surface area contributed by atoms with E-state index in [0.717, 1.165) is 25.8 Å². The van der Waals surface area contributed by atoms with Gasteiger partial charge in [-0.15, -0.1) is 0 Å². The first-order valence-corrected chi connectivity index (χ1v) is 6.03. The Morgan fingerprint density at radius 2 is 2.12 bits per heavy atom. The number of ether oxygens (including phenoxy) is 1. The maximum Gasteiger partial charge on any atom is 0.246 e. The molecule has 1 aliphatic rings. The average molecular weight is 228 g/mol. The van der Waals surface area contributed by atoms with Crippen molar-refractivity contribution in [2.75, 3.05) is 13.2 Å². The van der Waals surface area contributed by atoms with Crippen LogP contribution >= 0.6 is 0 Å². The summed E-state index contributed by atoms with van der Waals surface area (Å²) in [5.74, 6) is 0.518. The van der Waals surface area contributed by atoms with E-state index in [4.69, 9.17) is 10.5 Å². The van der Waals surface area contributed by atoms with Crippen LogP contribution in [0.15, 0.2) is 0 Å². The first kappa shape index (κ1) is 13.5. The van der Waals surface area contributed by atoms with Gasteiger partial charge in [0.05, 0.1) is 5.60 Å². The Morgan fingerprint density at radius 1 is 1.44 bits per heavy atom. The first-order valence-electron chi connectivity index (χ1n) is 6.03. The molecule has 4 nitrogen and oxygen atoms in total. The van der Waals surface area contributed by atoms with E-state index in [-0.39, 0.29) is 18.1 Å². The summed E-state index contributed by atoms with van der Waals surface area (Å²) in [7, 11) is 0. The minimum Gasteiger partial charge on any atom is -0.366 e. The molecule has 0 heterocycles. The van der Waals surface area contributed by atoms with Crippen LogP contribution in [0, 0.1) is 5.92 Å². The molecule has 4 heteroatoms. The standard InChI is InChI=1S/C12H24N2O2/c1-12(2,3)16-8-11(15)14-7-9-4-5-10(13)6-9/h9-10H,4-8,13H2,1-3H3,(H,14,15). The third kappa shape index (κ3) is 5.47. The lowest BCUT2D eigenvalue weighted by Gasteiger charge is -2.19. The van der Waals surface area contributed by atoms with Crippen molar-refractivity contribution in [2.24, 2.45) is 11.7 Å². The van der Waals surface area contributed by atoms with Crippen LogP contribution in [0.1, 0.15) is 40.0 Å². The van der Waals surface area contributed by atoms with Gasteiger partial charge >= 0.3 is 0 Å². The van der Waals surface area contributed by atoms with Crippen molar-refractivity contribution in [3.8, 4) is 0 Å². The van der Waals surface area contributed by atoms with Gasteiger partial charge < -0.3 is 15.8 Å². The number of carbonyl (C=O) groups excluding carboxylic acids is 1. The van der Waals surface area contributed by atoms with Crippen LogP contribution in [0.25, 0.3) is 0 Å². The minimum atomic E-state index is -0.257. The molecular formula is C12H24N2O2. The van der Waals surface area contributed by atoms with Gasteiger partial charge in [0, 0.05) is 12.6 Å². The SMILES string of the molecule is CC(C)(C)OCC(=O)NCC1CCC(N)C1. The molecule has 2 atom stereocenters. The topological polar surface area (TPSA) is 64.3 Å². The molecule has 3 N–H and O–H groups in total. The van der Waals surface area contributed by atoms with Crippen LogP contribution in [0.2, 0.25) is 0 Å². The molecule has 0 aliphatic heterocycles. The quantitative estimate of drug-likeness (QED) is 0.756. The molecule has 0 aromatic carbocycles. The van der Waals surface area contributed by atoms with Crippen LogP contribution in [0.5, 0.6) is 0 Å². The highest BCUT2D eigenvalue weighted by Gasteiger charge is 2.22. The van der Waals surface area contributed by atoms with Gasteiger partial charge in [-0.05, 0) is 46.0 Å². The lowest BCUT2D eigenvalue weighted by atomic mass is 10.1. The van der Waals surface area contributed by atoms with E-state index >= 15 is 0 Å². The van der Waals surface area contributed by atoms with E-state index < -0.39 is 0 Å². The number of nitrogens with two attached hydrogens (primary N) is 1. The molecule has 2 unspecified atom stereocenters. The van der Waals surface area contributed by atoms with Crippen LogP contribution in [-0.4, -0.2) is 30.7 Å². The summed E-state index contributed by atoms with van der Waals surface area (Å²) in [4.78, 5) is 11.5. The Labute approximate surface area is 97.9 Å². The van der Waals surface area contributed by atoms with Crippen LogP contribution < -0.4 is 11.1 Å². The molecule has 1 amide bonds. The maximum absolute atomic E-state index is 11.5. The van der Waals surface area contributed by atoms with E-state index in [0.29, 0.717) is 12.0 Å². The van der Waals surface area contributed by atoms with E-state index in [1.54, 1.807) is 0 Å². The summed E-state index contributed by atoms with van der Waals surface area (Å²) in [6.07, 6.45) is 3.24.